The minimum atomic E-state index is -0.602. The molecular formula is C51H52N2O8. The number of azo groups is 1. The summed E-state index contributed by atoms with van der Waals surface area (Å²) in [5.74, 6) is 1.97. The van der Waals surface area contributed by atoms with E-state index < -0.39 is 11.9 Å². The number of nitrogens with zero attached hydrogens (tertiary/aromatic N) is 2. The van der Waals surface area contributed by atoms with Crippen molar-refractivity contribution in [2.75, 3.05) is 26.4 Å². The fraction of sp³-hybridized carbons (Fsp3) is 0.255. The molecule has 0 saturated carbocycles. The molecule has 61 heavy (non-hydrogen) atoms. The van der Waals surface area contributed by atoms with Crippen LogP contribution in [0.15, 0.2) is 156 Å². The van der Waals surface area contributed by atoms with E-state index in [0.717, 1.165) is 67.6 Å². The second kappa shape index (κ2) is 23.6. The molecule has 0 saturated heterocycles. The van der Waals surface area contributed by atoms with Crippen molar-refractivity contribution < 1.29 is 38.0 Å². The van der Waals surface area contributed by atoms with Crippen molar-refractivity contribution in [3.05, 3.63) is 157 Å². The second-order valence-corrected chi connectivity index (χ2v) is 14.1. The van der Waals surface area contributed by atoms with Crippen molar-refractivity contribution in [3.63, 3.8) is 0 Å². The molecule has 0 N–H and O–H groups in total. The van der Waals surface area contributed by atoms with E-state index in [0.29, 0.717) is 49.4 Å². The van der Waals surface area contributed by atoms with E-state index in [1.807, 2.05) is 68.4 Å². The maximum Gasteiger partial charge on any atom is 0.347 e. The zero-order chi connectivity index (χ0) is 42.5. The molecule has 0 spiro atoms. The van der Waals surface area contributed by atoms with Gasteiger partial charge in [0.05, 0.1) is 43.4 Å². The lowest BCUT2D eigenvalue weighted by Crippen LogP contribution is -2.14. The van der Waals surface area contributed by atoms with Gasteiger partial charge in [0.2, 0.25) is 0 Å². The highest BCUT2D eigenvalue weighted by molar-refractivity contribution is 5.97. The van der Waals surface area contributed by atoms with Crippen molar-refractivity contribution >= 4 is 23.3 Å². The van der Waals surface area contributed by atoms with Crippen LogP contribution < -0.4 is 28.4 Å². The maximum absolute atomic E-state index is 13.3. The lowest BCUT2D eigenvalue weighted by molar-refractivity contribution is 0.0716. The molecule has 0 amide bonds. The normalized spacial score (nSPS) is 10.9. The van der Waals surface area contributed by atoms with Crippen LogP contribution in [0, 0.1) is 0 Å². The van der Waals surface area contributed by atoms with Crippen molar-refractivity contribution in [3.8, 4) is 45.6 Å². The van der Waals surface area contributed by atoms with Crippen molar-refractivity contribution in [1.29, 1.82) is 0 Å². The van der Waals surface area contributed by atoms with Crippen molar-refractivity contribution in [2.45, 2.75) is 58.8 Å². The summed E-state index contributed by atoms with van der Waals surface area (Å²) in [4.78, 5) is 26.4. The number of rotatable bonds is 23. The molecule has 0 heterocycles. The van der Waals surface area contributed by atoms with Gasteiger partial charge in [0, 0.05) is 0 Å². The lowest BCUT2D eigenvalue weighted by atomic mass is 10.1. The zero-order valence-corrected chi connectivity index (χ0v) is 34.8. The largest absolute Gasteiger partial charge is 0.494 e. The molecule has 0 bridgehead atoms. The first-order valence-electron chi connectivity index (χ1n) is 20.9. The summed E-state index contributed by atoms with van der Waals surface area (Å²) < 4.78 is 34.3. The van der Waals surface area contributed by atoms with E-state index in [4.69, 9.17) is 28.4 Å². The van der Waals surface area contributed by atoms with Gasteiger partial charge in [-0.05, 0) is 141 Å². The zero-order valence-electron chi connectivity index (χ0n) is 34.8. The number of carbonyl (C=O) groups is 2. The third-order valence-corrected chi connectivity index (χ3v) is 9.53. The van der Waals surface area contributed by atoms with E-state index in [9.17, 15) is 9.59 Å². The van der Waals surface area contributed by atoms with E-state index >= 15 is 0 Å². The molecule has 0 aliphatic rings. The Morgan fingerprint density at radius 1 is 0.426 bits per heavy atom. The van der Waals surface area contributed by atoms with Gasteiger partial charge in [-0.3, -0.25) is 0 Å². The van der Waals surface area contributed by atoms with Gasteiger partial charge in [0.25, 0.3) is 0 Å². The molecule has 0 unspecified atom stereocenters. The Morgan fingerprint density at radius 3 is 1.43 bits per heavy atom. The number of esters is 2. The first-order valence-corrected chi connectivity index (χ1v) is 20.9. The predicted octanol–water partition coefficient (Wildman–Crippen LogP) is 13.2. The third kappa shape index (κ3) is 14.1. The summed E-state index contributed by atoms with van der Waals surface area (Å²) in [6.07, 6.45) is 7.05. The Labute approximate surface area is 358 Å². The molecule has 10 heteroatoms. The Balaban J connectivity index is 0.900. The summed E-state index contributed by atoms with van der Waals surface area (Å²) >= 11 is 0. The first kappa shape index (κ1) is 43.6. The monoisotopic (exact) mass is 820 g/mol. The Hall–Kier alpha value is -6.94. The van der Waals surface area contributed by atoms with Crippen LogP contribution in [0.4, 0.5) is 11.4 Å². The number of carbonyl (C=O) groups excluding carboxylic acids is 2. The van der Waals surface area contributed by atoms with Gasteiger partial charge >= 0.3 is 11.9 Å². The van der Waals surface area contributed by atoms with Gasteiger partial charge in [-0.1, -0.05) is 74.6 Å². The van der Waals surface area contributed by atoms with Crippen LogP contribution in [-0.2, 0) is 0 Å². The topological polar surface area (TPSA) is 114 Å². The minimum absolute atomic E-state index is 0.205. The molecule has 0 fully saturated rings. The second-order valence-electron chi connectivity index (χ2n) is 14.1. The molecule has 10 nitrogen and oxygen atoms in total. The van der Waals surface area contributed by atoms with Crippen molar-refractivity contribution in [1.82, 2.24) is 0 Å². The van der Waals surface area contributed by atoms with E-state index in [1.165, 1.54) is 23.8 Å². The molecule has 6 aromatic rings. The highest BCUT2D eigenvalue weighted by Gasteiger charge is 2.19. The predicted molar refractivity (Wildman–Crippen MR) is 237 cm³/mol. The fourth-order valence-corrected chi connectivity index (χ4v) is 6.34. The first-order chi connectivity index (χ1) is 30.0. The van der Waals surface area contributed by atoms with Crippen LogP contribution >= 0.6 is 0 Å². The fourth-order valence-electron chi connectivity index (χ4n) is 6.34. The molecule has 0 aliphatic heterocycles. The number of ether oxygens (including phenoxy) is 6. The summed E-state index contributed by atoms with van der Waals surface area (Å²) in [5, 5.41) is 8.75. The van der Waals surface area contributed by atoms with Crippen LogP contribution in [0.5, 0.6) is 34.5 Å². The standard InChI is InChI=1S/C51H52N2O8/c1-3-56-43-26-30-46(31-27-43)60-50(54)40-19-34-48(51(55)61-47-32-28-44(29-33-47)57-4-2)49(37-40)59-36-14-9-7-5-6-8-13-35-58-45-24-22-42(23-25-45)53-52-41-20-17-39(18-21-41)38-15-11-10-12-16-38/h10-12,15-34,37H,3-9,13-14,35-36H2,1-2H3. The van der Waals surface area contributed by atoms with E-state index in [1.54, 1.807) is 48.5 Å². The molecule has 6 rings (SSSR count). The van der Waals surface area contributed by atoms with Crippen LogP contribution in [0.25, 0.3) is 11.1 Å². The average molecular weight is 821 g/mol. The van der Waals surface area contributed by atoms with Gasteiger partial charge in [0.1, 0.15) is 40.1 Å². The molecular weight excluding hydrogens is 769 g/mol. The lowest BCUT2D eigenvalue weighted by Gasteiger charge is -2.13. The SMILES string of the molecule is CCOc1ccc(OC(=O)c2ccc(C(=O)Oc3ccc(OCC)cc3)c(OCCCCCCCCCOc3ccc(N=Nc4ccc(-c5ccccc5)cc4)cc3)c2)cc1. The van der Waals surface area contributed by atoms with E-state index in [2.05, 4.69) is 34.5 Å². The quantitative estimate of drug-likeness (QED) is 0.0272. The number of hydrogen-bond donors (Lipinski definition) is 0. The Bertz CT molecular complexity index is 2280. The van der Waals surface area contributed by atoms with Gasteiger partial charge in [-0.15, -0.1) is 0 Å². The smallest absolute Gasteiger partial charge is 0.347 e. The third-order valence-electron chi connectivity index (χ3n) is 9.53. The van der Waals surface area contributed by atoms with Gasteiger partial charge in [0.15, 0.2) is 0 Å². The molecule has 0 aliphatic carbocycles. The summed E-state index contributed by atoms with van der Waals surface area (Å²) in [5.41, 5.74) is 4.32. The number of benzene rings is 6. The average Bonchev–Trinajstić information content (AvgIpc) is 3.29. The molecule has 6 aromatic carbocycles. The van der Waals surface area contributed by atoms with Gasteiger partial charge in [-0.2, -0.15) is 10.2 Å². The van der Waals surface area contributed by atoms with Crippen LogP contribution in [0.3, 0.4) is 0 Å². The Morgan fingerprint density at radius 2 is 0.869 bits per heavy atom. The summed E-state index contributed by atoms with van der Waals surface area (Å²) in [6.45, 7) is 5.89. The van der Waals surface area contributed by atoms with Gasteiger partial charge in [-0.25, -0.2) is 9.59 Å². The Kier molecular flexibility index (Phi) is 16.9. The maximum atomic E-state index is 13.3. The van der Waals surface area contributed by atoms with Gasteiger partial charge < -0.3 is 28.4 Å². The molecule has 0 radical (unpaired) electrons. The number of unbranched alkanes of at least 4 members (excludes halogenated alkanes) is 6. The van der Waals surface area contributed by atoms with Crippen molar-refractivity contribution in [2.24, 2.45) is 10.2 Å². The molecule has 0 aromatic heterocycles. The molecule has 314 valence electrons. The summed E-state index contributed by atoms with van der Waals surface area (Å²) in [6, 6.07) is 44.2. The summed E-state index contributed by atoms with van der Waals surface area (Å²) in [7, 11) is 0. The highest BCUT2D eigenvalue weighted by atomic mass is 16.5. The number of hydrogen-bond acceptors (Lipinski definition) is 10. The molecule has 0 atom stereocenters. The van der Waals surface area contributed by atoms with Crippen LogP contribution in [0.2, 0.25) is 0 Å². The minimum Gasteiger partial charge on any atom is -0.494 e. The van der Waals surface area contributed by atoms with Crippen LogP contribution in [0.1, 0.15) is 79.5 Å². The highest BCUT2D eigenvalue weighted by Crippen LogP contribution is 2.28. The van der Waals surface area contributed by atoms with Crippen LogP contribution in [-0.4, -0.2) is 38.4 Å². The van der Waals surface area contributed by atoms with E-state index in [-0.39, 0.29) is 16.9 Å².